The number of benzene rings is 2. The van der Waals surface area contributed by atoms with Crippen molar-refractivity contribution in [1.82, 2.24) is 10.2 Å². The molecule has 10 heteroatoms. The van der Waals surface area contributed by atoms with E-state index in [9.17, 15) is 18.0 Å². The maximum Gasteiger partial charge on any atom is 0.244 e. The summed E-state index contributed by atoms with van der Waals surface area (Å²) < 4.78 is 26.0. The van der Waals surface area contributed by atoms with Gasteiger partial charge >= 0.3 is 0 Å². The van der Waals surface area contributed by atoms with E-state index in [0.717, 1.165) is 16.1 Å². The van der Waals surface area contributed by atoms with Crippen LogP contribution < -0.4 is 9.62 Å². The molecule has 2 amide bonds. The van der Waals surface area contributed by atoms with Crippen LogP contribution in [0, 0.1) is 6.92 Å². The van der Waals surface area contributed by atoms with Gasteiger partial charge < -0.3 is 10.2 Å². The quantitative estimate of drug-likeness (QED) is 0.548. The van der Waals surface area contributed by atoms with Crippen LogP contribution in [0.25, 0.3) is 0 Å². The number of sulfonamides is 1. The number of nitrogens with one attached hydrogen (secondary N) is 1. The molecule has 0 fully saturated rings. The molecule has 1 N–H and O–H groups in total. The topological polar surface area (TPSA) is 86.8 Å². The molecule has 7 nitrogen and oxygen atoms in total. The third-order valence-electron chi connectivity index (χ3n) is 4.94. The molecule has 0 radical (unpaired) electrons. The number of carbonyl (C=O) groups excluding carboxylic acids is 2. The number of halogens is 2. The van der Waals surface area contributed by atoms with Crippen molar-refractivity contribution < 1.29 is 18.0 Å². The van der Waals surface area contributed by atoms with Crippen LogP contribution in [0.4, 0.5) is 5.69 Å². The van der Waals surface area contributed by atoms with Crippen LogP contribution in [0.1, 0.15) is 31.9 Å². The minimum absolute atomic E-state index is 0.0495. The zero-order valence-corrected chi connectivity index (χ0v) is 21.6. The Morgan fingerprint density at radius 1 is 1.00 bits per heavy atom. The van der Waals surface area contributed by atoms with Crippen molar-refractivity contribution in [3.8, 4) is 0 Å². The van der Waals surface area contributed by atoms with Gasteiger partial charge in [-0.3, -0.25) is 13.9 Å². The normalized spacial score (nSPS) is 12.4. The van der Waals surface area contributed by atoms with Crippen LogP contribution in [0.3, 0.4) is 0 Å². The number of aryl methyl sites for hydroxylation is 1. The Morgan fingerprint density at radius 3 is 2.12 bits per heavy atom. The van der Waals surface area contributed by atoms with E-state index in [-0.39, 0.29) is 18.5 Å². The van der Waals surface area contributed by atoms with Crippen molar-refractivity contribution >= 4 is 50.7 Å². The molecule has 0 aliphatic rings. The molecular formula is C23H29Cl2N3O4S. The van der Waals surface area contributed by atoms with Gasteiger partial charge in [0.2, 0.25) is 21.8 Å². The molecular weight excluding hydrogens is 485 g/mol. The fourth-order valence-corrected chi connectivity index (χ4v) is 4.32. The van der Waals surface area contributed by atoms with Gasteiger partial charge in [0.25, 0.3) is 0 Å². The average Bonchev–Trinajstić information content (AvgIpc) is 2.71. The third kappa shape index (κ3) is 7.62. The predicted octanol–water partition coefficient (Wildman–Crippen LogP) is 4.01. The van der Waals surface area contributed by atoms with Crippen molar-refractivity contribution in [2.24, 2.45) is 0 Å². The molecule has 2 aromatic carbocycles. The third-order valence-corrected chi connectivity index (χ3v) is 6.82. The second kappa shape index (κ2) is 11.2. The average molecular weight is 514 g/mol. The highest BCUT2D eigenvalue weighted by Crippen LogP contribution is 2.24. The van der Waals surface area contributed by atoms with Gasteiger partial charge in [-0.2, -0.15) is 0 Å². The highest BCUT2D eigenvalue weighted by molar-refractivity contribution is 7.92. The van der Waals surface area contributed by atoms with E-state index in [1.54, 1.807) is 49.4 Å². The number of carbonyl (C=O) groups is 2. The number of rotatable bonds is 9. The summed E-state index contributed by atoms with van der Waals surface area (Å²) in [5.74, 6) is -0.877. The molecule has 0 saturated carbocycles. The molecule has 2 rings (SSSR count). The SMILES string of the molecule is Cc1ccc(N(CC(=O)N(Cc2ccc(Cl)c(Cl)c2)[C@H](C)C(=O)NC(C)C)S(C)(=O)=O)cc1. The highest BCUT2D eigenvalue weighted by atomic mass is 35.5. The molecule has 0 saturated heterocycles. The van der Waals surface area contributed by atoms with Gasteiger partial charge in [0, 0.05) is 12.6 Å². The van der Waals surface area contributed by atoms with Gasteiger partial charge in [-0.05, 0) is 57.5 Å². The predicted molar refractivity (Wildman–Crippen MR) is 133 cm³/mol. The van der Waals surface area contributed by atoms with Gasteiger partial charge in [-0.25, -0.2) is 8.42 Å². The molecule has 0 aliphatic carbocycles. The lowest BCUT2D eigenvalue weighted by Crippen LogP contribution is -2.52. The minimum atomic E-state index is -3.76. The second-order valence-corrected chi connectivity index (χ2v) is 10.9. The molecule has 0 unspecified atom stereocenters. The summed E-state index contributed by atoms with van der Waals surface area (Å²) in [7, 11) is -3.76. The van der Waals surface area contributed by atoms with Gasteiger partial charge in [0.1, 0.15) is 12.6 Å². The van der Waals surface area contributed by atoms with Crippen LogP contribution >= 0.6 is 23.2 Å². The maximum absolute atomic E-state index is 13.4. The van der Waals surface area contributed by atoms with Crippen molar-refractivity contribution in [2.45, 2.75) is 46.3 Å². The van der Waals surface area contributed by atoms with Crippen LogP contribution in [-0.4, -0.2) is 50.0 Å². The van der Waals surface area contributed by atoms with E-state index >= 15 is 0 Å². The summed E-state index contributed by atoms with van der Waals surface area (Å²) in [6.07, 6.45) is 1.04. The lowest BCUT2D eigenvalue weighted by Gasteiger charge is -2.32. The summed E-state index contributed by atoms with van der Waals surface area (Å²) in [6.45, 7) is 6.71. The van der Waals surface area contributed by atoms with E-state index in [1.165, 1.54) is 4.90 Å². The summed E-state index contributed by atoms with van der Waals surface area (Å²) in [5, 5.41) is 3.48. The fourth-order valence-electron chi connectivity index (χ4n) is 3.15. The lowest BCUT2D eigenvalue weighted by molar-refractivity contribution is -0.139. The molecule has 0 spiro atoms. The molecule has 180 valence electrons. The van der Waals surface area contributed by atoms with Crippen molar-refractivity contribution in [3.63, 3.8) is 0 Å². The Morgan fingerprint density at radius 2 is 1.61 bits per heavy atom. The van der Waals surface area contributed by atoms with Crippen LogP contribution in [0.2, 0.25) is 10.0 Å². The molecule has 0 bridgehead atoms. The van der Waals surface area contributed by atoms with Crippen molar-refractivity contribution in [2.75, 3.05) is 17.1 Å². The molecule has 0 heterocycles. The molecule has 33 heavy (non-hydrogen) atoms. The molecule has 0 aliphatic heterocycles. The Hall–Kier alpha value is -2.29. The standard InChI is InChI=1S/C23H29Cl2N3O4S/c1-15(2)26-23(30)17(4)27(13-18-8-11-20(24)21(25)12-18)22(29)14-28(33(5,31)32)19-9-6-16(3)7-10-19/h6-12,15,17H,13-14H2,1-5H3,(H,26,30)/t17-/m1/s1. The Labute approximate surface area is 205 Å². The number of anilines is 1. The second-order valence-electron chi connectivity index (χ2n) is 8.21. The van der Waals surface area contributed by atoms with Gasteiger partial charge in [-0.15, -0.1) is 0 Å². The number of amides is 2. The number of nitrogens with zero attached hydrogens (tertiary/aromatic N) is 2. The van der Waals surface area contributed by atoms with E-state index in [1.807, 2.05) is 20.8 Å². The zero-order chi connectivity index (χ0) is 24.9. The monoisotopic (exact) mass is 513 g/mol. The minimum Gasteiger partial charge on any atom is -0.352 e. The zero-order valence-electron chi connectivity index (χ0n) is 19.3. The Kier molecular flexibility index (Phi) is 9.17. The maximum atomic E-state index is 13.4. The van der Waals surface area contributed by atoms with Crippen molar-refractivity contribution in [3.05, 3.63) is 63.6 Å². The Bertz CT molecular complexity index is 1110. The summed E-state index contributed by atoms with van der Waals surface area (Å²) >= 11 is 12.1. The summed E-state index contributed by atoms with van der Waals surface area (Å²) in [4.78, 5) is 27.5. The molecule has 2 aromatic rings. The Balaban J connectivity index is 2.40. The van der Waals surface area contributed by atoms with Crippen LogP contribution in [0.15, 0.2) is 42.5 Å². The summed E-state index contributed by atoms with van der Waals surface area (Å²) in [5.41, 5.74) is 1.98. The largest absolute Gasteiger partial charge is 0.352 e. The first-order valence-electron chi connectivity index (χ1n) is 10.4. The first-order valence-corrected chi connectivity index (χ1v) is 13.0. The first kappa shape index (κ1) is 27.0. The van der Waals surface area contributed by atoms with E-state index < -0.39 is 28.5 Å². The van der Waals surface area contributed by atoms with Crippen LogP contribution in [-0.2, 0) is 26.2 Å². The van der Waals surface area contributed by atoms with E-state index in [0.29, 0.717) is 21.3 Å². The van der Waals surface area contributed by atoms with E-state index in [4.69, 9.17) is 23.2 Å². The van der Waals surface area contributed by atoms with Gasteiger partial charge in [-0.1, -0.05) is 47.0 Å². The fraction of sp³-hybridized carbons (Fsp3) is 0.391. The van der Waals surface area contributed by atoms with Crippen LogP contribution in [0.5, 0.6) is 0 Å². The highest BCUT2D eigenvalue weighted by Gasteiger charge is 2.30. The smallest absolute Gasteiger partial charge is 0.244 e. The number of hydrogen-bond acceptors (Lipinski definition) is 4. The van der Waals surface area contributed by atoms with Crippen molar-refractivity contribution in [1.29, 1.82) is 0 Å². The van der Waals surface area contributed by atoms with Gasteiger partial charge in [0.15, 0.2) is 0 Å². The summed E-state index contributed by atoms with van der Waals surface area (Å²) in [6, 6.07) is 10.8. The van der Waals surface area contributed by atoms with Gasteiger partial charge in [0.05, 0.1) is 22.0 Å². The molecule has 1 atom stereocenters. The first-order chi connectivity index (χ1) is 15.3. The lowest BCUT2D eigenvalue weighted by atomic mass is 10.1. The number of hydrogen-bond donors (Lipinski definition) is 1. The van der Waals surface area contributed by atoms with E-state index in [2.05, 4.69) is 5.32 Å². The molecule has 0 aromatic heterocycles.